The van der Waals surface area contributed by atoms with Crippen molar-refractivity contribution in [2.24, 2.45) is 0 Å². The molecule has 0 rings (SSSR count). The third-order valence-electron chi connectivity index (χ3n) is 7.27. The van der Waals surface area contributed by atoms with Gasteiger partial charge in [-0.05, 0) is 46.5 Å². The molecule has 0 aliphatic carbocycles. The Morgan fingerprint density at radius 3 is 1.42 bits per heavy atom. The summed E-state index contributed by atoms with van der Waals surface area (Å²) in [6, 6.07) is 0. The van der Waals surface area contributed by atoms with Crippen LogP contribution in [0.2, 0.25) is 0 Å². The van der Waals surface area contributed by atoms with Crippen LogP contribution >= 0.6 is 8.46 Å². The molecule has 0 amide bonds. The zero-order valence-corrected chi connectivity index (χ0v) is 30.3. The van der Waals surface area contributed by atoms with Crippen LogP contribution < -0.4 is 0 Å². The largest absolute Gasteiger partial charge is 0.432 e. The number of esters is 2. The lowest BCUT2D eigenvalue weighted by molar-refractivity contribution is -0.412. The zero-order valence-electron chi connectivity index (χ0n) is 29.4. The van der Waals surface area contributed by atoms with Crippen LogP contribution in [-0.2, 0) is 42.6 Å². The number of ether oxygens (including phenoxy) is 6. The standard InChI is InChI=1S/C35H63O9P/c1-10-14-18-22-26-39-34(9,43-30(24-20-16-12-3)41-32(36)28(5)6)35(45-38,40-27-23-19-15-11-2)44-31(25-21-17-13-4)42-33(37)29(7)8/h30-31H,5,7,10-27H2,1-4,6,8-9H3. The minimum Gasteiger partial charge on any atom is -0.432 e. The smallest absolute Gasteiger partial charge is 0.335 e. The Kier molecular flexibility index (Phi) is 24.5. The number of carbonyl (C=O) groups is 2. The van der Waals surface area contributed by atoms with E-state index in [9.17, 15) is 14.2 Å². The molecule has 4 atom stereocenters. The highest BCUT2D eigenvalue weighted by Crippen LogP contribution is 2.44. The molecule has 0 aromatic heterocycles. The van der Waals surface area contributed by atoms with Gasteiger partial charge in [0.1, 0.15) is 0 Å². The molecule has 9 nitrogen and oxygen atoms in total. The van der Waals surface area contributed by atoms with Crippen molar-refractivity contribution < 1.29 is 42.6 Å². The topological polar surface area (TPSA) is 107 Å². The monoisotopic (exact) mass is 658 g/mol. The molecular formula is C35H63O9P. The Morgan fingerprint density at radius 2 is 1.02 bits per heavy atom. The van der Waals surface area contributed by atoms with Crippen molar-refractivity contribution in [2.75, 3.05) is 13.2 Å². The zero-order chi connectivity index (χ0) is 34.1. The molecule has 0 saturated heterocycles. The van der Waals surface area contributed by atoms with Crippen LogP contribution in [0.3, 0.4) is 0 Å². The molecular weight excluding hydrogens is 595 g/mol. The molecule has 10 heteroatoms. The minimum atomic E-state index is -2.06. The van der Waals surface area contributed by atoms with E-state index in [-0.39, 0.29) is 24.4 Å². The molecule has 0 heterocycles. The van der Waals surface area contributed by atoms with Gasteiger partial charge in [0.05, 0.1) is 13.2 Å². The number of carbonyl (C=O) groups excluding carboxylic acids is 2. The van der Waals surface area contributed by atoms with Crippen molar-refractivity contribution in [2.45, 2.75) is 175 Å². The van der Waals surface area contributed by atoms with Gasteiger partial charge in [-0.3, -0.25) is 9.30 Å². The summed E-state index contributed by atoms with van der Waals surface area (Å²) in [6.07, 6.45) is 10.9. The average Bonchev–Trinajstić information content (AvgIpc) is 3.00. The average molecular weight is 659 g/mol. The van der Waals surface area contributed by atoms with Crippen molar-refractivity contribution in [1.82, 2.24) is 0 Å². The van der Waals surface area contributed by atoms with E-state index in [0.717, 1.165) is 64.2 Å². The highest BCUT2D eigenvalue weighted by molar-refractivity contribution is 7.25. The maximum absolute atomic E-state index is 13.4. The van der Waals surface area contributed by atoms with Gasteiger partial charge >= 0.3 is 17.5 Å². The molecule has 4 unspecified atom stereocenters. The number of hydrogen-bond donors (Lipinski definition) is 0. The Labute approximate surface area is 275 Å². The van der Waals surface area contributed by atoms with Gasteiger partial charge in [0.15, 0.2) is 0 Å². The number of unbranched alkanes of at least 4 members (excludes halogenated alkanes) is 10. The molecule has 0 radical (unpaired) electrons. The summed E-state index contributed by atoms with van der Waals surface area (Å²) in [7, 11) is -0.600. The van der Waals surface area contributed by atoms with Crippen molar-refractivity contribution >= 4 is 20.4 Å². The lowest BCUT2D eigenvalue weighted by Crippen LogP contribution is -2.59. The van der Waals surface area contributed by atoms with Gasteiger partial charge in [-0.1, -0.05) is 105 Å². The summed E-state index contributed by atoms with van der Waals surface area (Å²) in [5.74, 6) is -3.08. The van der Waals surface area contributed by atoms with Gasteiger partial charge in [0, 0.05) is 24.0 Å². The van der Waals surface area contributed by atoms with E-state index in [1.807, 2.05) is 0 Å². The fraction of sp³-hybridized carbons (Fsp3) is 0.829. The van der Waals surface area contributed by atoms with Crippen LogP contribution in [0, 0.1) is 0 Å². The first-order valence-corrected chi connectivity index (χ1v) is 18.0. The third-order valence-corrected chi connectivity index (χ3v) is 8.15. The Balaban J connectivity index is 6.81. The first kappa shape index (κ1) is 43.4. The van der Waals surface area contributed by atoms with Gasteiger partial charge in [-0.2, -0.15) is 0 Å². The van der Waals surface area contributed by atoms with Gasteiger partial charge in [-0.25, -0.2) is 9.59 Å². The van der Waals surface area contributed by atoms with Crippen LogP contribution in [0.15, 0.2) is 24.3 Å². The molecule has 0 aromatic rings. The van der Waals surface area contributed by atoms with Crippen LogP contribution in [0.1, 0.15) is 151 Å². The van der Waals surface area contributed by atoms with Crippen LogP contribution in [0.5, 0.6) is 0 Å². The second-order valence-corrected chi connectivity index (χ2v) is 12.7. The molecule has 45 heavy (non-hydrogen) atoms. The first-order chi connectivity index (χ1) is 21.5. The summed E-state index contributed by atoms with van der Waals surface area (Å²) in [6.45, 7) is 20.9. The molecule has 0 saturated carbocycles. The maximum atomic E-state index is 13.4. The van der Waals surface area contributed by atoms with E-state index in [1.54, 1.807) is 20.8 Å². The Hall–Kier alpha value is -1.64. The Morgan fingerprint density at radius 1 is 0.622 bits per heavy atom. The number of rotatable bonds is 30. The highest BCUT2D eigenvalue weighted by atomic mass is 31.1. The van der Waals surface area contributed by atoms with Gasteiger partial charge < -0.3 is 23.7 Å². The fourth-order valence-corrected chi connectivity index (χ4v) is 5.00. The van der Waals surface area contributed by atoms with Gasteiger partial charge in [-0.15, -0.1) is 0 Å². The quantitative estimate of drug-likeness (QED) is 0.0245. The van der Waals surface area contributed by atoms with Crippen molar-refractivity contribution in [3.63, 3.8) is 0 Å². The lowest BCUT2D eigenvalue weighted by atomic mass is 10.2. The number of hydrogen-bond acceptors (Lipinski definition) is 9. The van der Waals surface area contributed by atoms with Crippen molar-refractivity contribution in [1.29, 1.82) is 0 Å². The molecule has 0 fully saturated rings. The third kappa shape index (κ3) is 17.7. The fourth-order valence-electron chi connectivity index (χ4n) is 4.41. The second kappa shape index (κ2) is 25.4. The molecule has 0 bridgehead atoms. The van der Waals surface area contributed by atoms with E-state index in [1.165, 1.54) is 0 Å². The van der Waals surface area contributed by atoms with Crippen LogP contribution in [0.4, 0.5) is 0 Å². The first-order valence-electron chi connectivity index (χ1n) is 17.2. The van der Waals surface area contributed by atoms with E-state index < -0.39 is 44.3 Å². The summed E-state index contributed by atoms with van der Waals surface area (Å²) in [4.78, 5) is 25.3. The van der Waals surface area contributed by atoms with Crippen molar-refractivity contribution in [3.8, 4) is 0 Å². The highest BCUT2D eigenvalue weighted by Gasteiger charge is 2.58. The Bertz CT molecular complexity index is 864. The molecule has 262 valence electrons. The van der Waals surface area contributed by atoms with Gasteiger partial charge in [0.25, 0.3) is 0 Å². The van der Waals surface area contributed by atoms with E-state index in [2.05, 4.69) is 40.9 Å². The molecule has 0 spiro atoms. The maximum Gasteiger partial charge on any atom is 0.335 e. The van der Waals surface area contributed by atoms with Crippen LogP contribution in [0.25, 0.3) is 0 Å². The summed E-state index contributed by atoms with van der Waals surface area (Å²) in [5, 5.41) is 0. The predicted octanol–water partition coefficient (Wildman–Crippen LogP) is 9.93. The van der Waals surface area contributed by atoms with E-state index >= 15 is 0 Å². The second-order valence-electron chi connectivity index (χ2n) is 11.9. The summed E-state index contributed by atoms with van der Waals surface area (Å²) in [5.41, 5.74) is -1.63. The van der Waals surface area contributed by atoms with E-state index in [4.69, 9.17) is 28.4 Å². The molecule has 0 N–H and O–H groups in total. The van der Waals surface area contributed by atoms with E-state index in [0.29, 0.717) is 38.5 Å². The molecule has 0 aliphatic heterocycles. The normalized spacial score (nSPS) is 15.5. The molecule has 0 aliphatic rings. The predicted molar refractivity (Wildman–Crippen MR) is 179 cm³/mol. The SMILES string of the molecule is C=C(C)C(=O)OC(CCCCC)OC(C)(OCCCCCC)C(OCCCCCC)(OC(CCCCC)OC(=O)C(=C)C)P=O. The van der Waals surface area contributed by atoms with Crippen molar-refractivity contribution in [3.05, 3.63) is 24.3 Å². The van der Waals surface area contributed by atoms with Crippen LogP contribution in [-0.4, -0.2) is 49.0 Å². The summed E-state index contributed by atoms with van der Waals surface area (Å²) < 4.78 is 50.5. The molecule has 0 aromatic carbocycles. The lowest BCUT2D eigenvalue weighted by Gasteiger charge is -2.44. The summed E-state index contributed by atoms with van der Waals surface area (Å²) >= 11 is 0. The van der Waals surface area contributed by atoms with Gasteiger partial charge in [0.2, 0.25) is 26.8 Å². The minimum absolute atomic E-state index is 0.190.